The van der Waals surface area contributed by atoms with Gasteiger partial charge in [0.05, 0.1) is 12.5 Å². The molecule has 2 aromatic heterocycles. The maximum atomic E-state index is 8.90. The molecule has 2 heterocycles. The first-order chi connectivity index (χ1) is 7.72. The van der Waals surface area contributed by atoms with Crippen molar-refractivity contribution in [2.24, 2.45) is 4.99 Å². The van der Waals surface area contributed by atoms with Crippen molar-refractivity contribution in [2.45, 2.75) is 0 Å². The van der Waals surface area contributed by atoms with E-state index in [2.05, 4.69) is 20.3 Å². The minimum atomic E-state index is 0.148. The van der Waals surface area contributed by atoms with Gasteiger partial charge in [0, 0.05) is 20.2 Å². The second-order valence-electron chi connectivity index (χ2n) is 3.29. The fraction of sp³-hybridized carbons (Fsp3) is 0.222. The third kappa shape index (κ3) is 1.68. The molecule has 0 spiro atoms. The molecular formula is C9H9N7. The average molecular weight is 215 g/mol. The number of aliphatic imine (C=N–C) groups is 1. The number of hydrogen-bond acceptors (Lipinski definition) is 5. The zero-order valence-corrected chi connectivity index (χ0v) is 8.86. The summed E-state index contributed by atoms with van der Waals surface area (Å²) in [7, 11) is 3.68. The number of rotatable bonds is 2. The summed E-state index contributed by atoms with van der Waals surface area (Å²) < 4.78 is 1.48. The second kappa shape index (κ2) is 3.94. The van der Waals surface area contributed by atoms with Crippen molar-refractivity contribution < 1.29 is 0 Å². The van der Waals surface area contributed by atoms with Crippen LogP contribution >= 0.6 is 0 Å². The number of nitriles is 1. The molecule has 0 atom stereocenters. The molecule has 0 aliphatic heterocycles. The molecule has 0 fully saturated rings. The summed E-state index contributed by atoms with van der Waals surface area (Å²) in [6, 6.07) is 3.63. The summed E-state index contributed by atoms with van der Waals surface area (Å²) in [5, 5.41) is 20.5. The van der Waals surface area contributed by atoms with E-state index in [1.807, 2.05) is 20.2 Å². The number of nitrogens with zero attached hydrogens (tertiary/aromatic N) is 7. The Labute approximate surface area is 91.7 Å². The highest BCUT2D eigenvalue weighted by atomic mass is 15.3. The first-order valence-electron chi connectivity index (χ1n) is 4.53. The van der Waals surface area contributed by atoms with Gasteiger partial charge in [-0.25, -0.2) is 4.99 Å². The summed E-state index contributed by atoms with van der Waals surface area (Å²) in [6.07, 6.45) is 3.17. The van der Waals surface area contributed by atoms with Crippen LogP contribution in [0.15, 0.2) is 17.3 Å². The fourth-order valence-corrected chi connectivity index (χ4v) is 1.14. The quantitative estimate of drug-likeness (QED) is 0.528. The van der Waals surface area contributed by atoms with E-state index < -0.39 is 0 Å². The Morgan fingerprint density at radius 1 is 1.50 bits per heavy atom. The van der Waals surface area contributed by atoms with Gasteiger partial charge in [0.25, 0.3) is 0 Å². The van der Waals surface area contributed by atoms with Crippen molar-refractivity contribution >= 4 is 17.8 Å². The van der Waals surface area contributed by atoms with Crippen molar-refractivity contribution in [1.82, 2.24) is 24.7 Å². The van der Waals surface area contributed by atoms with Crippen molar-refractivity contribution in [3.63, 3.8) is 0 Å². The third-order valence-electron chi connectivity index (χ3n) is 1.80. The summed E-state index contributed by atoms with van der Waals surface area (Å²) in [4.78, 5) is 5.91. The molecule has 0 saturated carbocycles. The predicted molar refractivity (Wildman–Crippen MR) is 57.3 cm³/mol. The summed E-state index contributed by atoms with van der Waals surface area (Å²) in [5.74, 6) is 0.381. The van der Waals surface area contributed by atoms with Gasteiger partial charge in [-0.05, 0) is 0 Å². The molecule has 80 valence electrons. The first kappa shape index (κ1) is 10.0. The van der Waals surface area contributed by atoms with E-state index in [0.717, 1.165) is 0 Å². The van der Waals surface area contributed by atoms with Crippen LogP contribution in [0, 0.1) is 11.3 Å². The van der Waals surface area contributed by atoms with Crippen LogP contribution < -0.4 is 0 Å². The SMILES string of the molecule is CN(C)C=Nc1c(C#N)nnc2ccnn12. The second-order valence-corrected chi connectivity index (χ2v) is 3.29. The number of aromatic nitrogens is 4. The highest BCUT2D eigenvalue weighted by molar-refractivity contribution is 5.62. The molecule has 7 nitrogen and oxygen atoms in total. The Balaban J connectivity index is 2.63. The molecule has 2 rings (SSSR count). The van der Waals surface area contributed by atoms with Crippen molar-refractivity contribution in [2.75, 3.05) is 14.1 Å². The largest absolute Gasteiger partial charge is 0.369 e. The minimum absolute atomic E-state index is 0.148. The standard InChI is InChI=1S/C9H9N7/c1-15(2)6-11-9-7(5-10)13-14-8-3-4-12-16(8)9/h3-4,6H,1-2H3. The van der Waals surface area contributed by atoms with E-state index in [9.17, 15) is 0 Å². The first-order valence-corrected chi connectivity index (χ1v) is 4.53. The topological polar surface area (TPSA) is 82.5 Å². The molecule has 7 heteroatoms. The van der Waals surface area contributed by atoms with Crippen LogP contribution in [0.25, 0.3) is 5.65 Å². The molecule has 0 saturated heterocycles. The molecule has 0 bridgehead atoms. The lowest BCUT2D eigenvalue weighted by atomic mass is 10.4. The Bertz CT molecular complexity index is 575. The van der Waals surface area contributed by atoms with E-state index in [1.54, 1.807) is 23.5 Å². The predicted octanol–water partition coefficient (Wildman–Crippen LogP) is 0.217. The normalized spacial score (nSPS) is 10.8. The number of fused-ring (bicyclic) bond motifs is 1. The van der Waals surface area contributed by atoms with Gasteiger partial charge in [0.15, 0.2) is 11.5 Å². The zero-order chi connectivity index (χ0) is 11.5. The van der Waals surface area contributed by atoms with Crippen molar-refractivity contribution in [3.05, 3.63) is 18.0 Å². The third-order valence-corrected chi connectivity index (χ3v) is 1.80. The molecule has 0 aliphatic rings. The monoisotopic (exact) mass is 215 g/mol. The van der Waals surface area contributed by atoms with Gasteiger partial charge in [0.2, 0.25) is 5.69 Å². The lowest BCUT2D eigenvalue weighted by molar-refractivity contribution is 0.642. The van der Waals surface area contributed by atoms with E-state index in [1.165, 1.54) is 4.52 Å². The summed E-state index contributed by atoms with van der Waals surface area (Å²) in [6.45, 7) is 0. The van der Waals surface area contributed by atoms with Crippen molar-refractivity contribution in [1.29, 1.82) is 5.26 Å². The van der Waals surface area contributed by atoms with Crippen molar-refractivity contribution in [3.8, 4) is 6.07 Å². The van der Waals surface area contributed by atoms with Crippen LogP contribution in [0.2, 0.25) is 0 Å². The highest BCUT2D eigenvalue weighted by Gasteiger charge is 2.09. The van der Waals surface area contributed by atoms with Gasteiger partial charge >= 0.3 is 0 Å². The summed E-state index contributed by atoms with van der Waals surface area (Å²) in [5.41, 5.74) is 0.708. The Morgan fingerprint density at radius 2 is 2.31 bits per heavy atom. The minimum Gasteiger partial charge on any atom is -0.369 e. The fourth-order valence-electron chi connectivity index (χ4n) is 1.14. The molecule has 0 N–H and O–H groups in total. The van der Waals surface area contributed by atoms with Gasteiger partial charge in [-0.2, -0.15) is 14.9 Å². The van der Waals surface area contributed by atoms with Gasteiger partial charge in [-0.15, -0.1) is 10.2 Å². The molecule has 0 unspecified atom stereocenters. The molecule has 0 aromatic carbocycles. The maximum absolute atomic E-state index is 8.90. The number of hydrogen-bond donors (Lipinski definition) is 0. The van der Waals surface area contributed by atoms with Crippen LogP contribution in [0.3, 0.4) is 0 Å². The Morgan fingerprint density at radius 3 is 3.00 bits per heavy atom. The van der Waals surface area contributed by atoms with E-state index in [-0.39, 0.29) is 5.69 Å². The van der Waals surface area contributed by atoms with Gasteiger partial charge in [0.1, 0.15) is 6.07 Å². The lowest BCUT2D eigenvalue weighted by Crippen LogP contribution is -2.08. The van der Waals surface area contributed by atoms with Gasteiger partial charge < -0.3 is 4.90 Å². The van der Waals surface area contributed by atoms with Crippen LogP contribution in [0.5, 0.6) is 0 Å². The highest BCUT2D eigenvalue weighted by Crippen LogP contribution is 2.15. The zero-order valence-electron chi connectivity index (χ0n) is 8.86. The maximum Gasteiger partial charge on any atom is 0.207 e. The van der Waals surface area contributed by atoms with Crippen LogP contribution in [0.4, 0.5) is 5.82 Å². The summed E-state index contributed by atoms with van der Waals surface area (Å²) >= 11 is 0. The Hall–Kier alpha value is -2.49. The molecule has 0 radical (unpaired) electrons. The molecule has 2 aromatic rings. The van der Waals surface area contributed by atoms with Gasteiger partial charge in [-0.3, -0.25) is 0 Å². The average Bonchev–Trinajstić information content (AvgIpc) is 2.73. The van der Waals surface area contributed by atoms with Crippen LogP contribution in [-0.2, 0) is 0 Å². The van der Waals surface area contributed by atoms with E-state index in [0.29, 0.717) is 11.5 Å². The smallest absolute Gasteiger partial charge is 0.207 e. The molecular weight excluding hydrogens is 206 g/mol. The molecule has 0 amide bonds. The van der Waals surface area contributed by atoms with Crippen LogP contribution in [-0.4, -0.2) is 45.1 Å². The van der Waals surface area contributed by atoms with Gasteiger partial charge in [-0.1, -0.05) is 0 Å². The molecule has 16 heavy (non-hydrogen) atoms. The van der Waals surface area contributed by atoms with Crippen LogP contribution in [0.1, 0.15) is 5.69 Å². The molecule has 0 aliphatic carbocycles. The van der Waals surface area contributed by atoms with E-state index >= 15 is 0 Å². The lowest BCUT2D eigenvalue weighted by Gasteiger charge is -2.03. The van der Waals surface area contributed by atoms with E-state index in [4.69, 9.17) is 5.26 Å². The Kier molecular flexibility index (Phi) is 2.47.